The van der Waals surface area contributed by atoms with Gasteiger partial charge in [0.2, 0.25) is 15.8 Å². The van der Waals surface area contributed by atoms with E-state index in [4.69, 9.17) is 9.15 Å². The smallest absolute Gasteiger partial charge is 0.309 e. The Hall–Kier alpha value is -3.04. The Bertz CT molecular complexity index is 1270. The SMILES string of the molecule is Cc1c(C(=O)COC(=O)C2CCN(S(=O)(=O)c3ccccc3F)CC2)oc2ccccc12. The highest BCUT2D eigenvalue weighted by atomic mass is 32.2. The van der Waals surface area contributed by atoms with Gasteiger partial charge in [-0.05, 0) is 38.0 Å². The Kier molecular flexibility index (Phi) is 6.12. The topological polar surface area (TPSA) is 93.9 Å². The minimum Gasteiger partial charge on any atom is -0.457 e. The van der Waals surface area contributed by atoms with E-state index in [1.807, 2.05) is 12.1 Å². The quantitative estimate of drug-likeness (QED) is 0.412. The van der Waals surface area contributed by atoms with E-state index in [1.165, 1.54) is 18.2 Å². The maximum atomic E-state index is 13.9. The number of hydrogen-bond acceptors (Lipinski definition) is 6. The van der Waals surface area contributed by atoms with Crippen molar-refractivity contribution in [1.82, 2.24) is 4.31 Å². The van der Waals surface area contributed by atoms with Crippen LogP contribution >= 0.6 is 0 Å². The Balaban J connectivity index is 1.34. The summed E-state index contributed by atoms with van der Waals surface area (Å²) in [7, 11) is -3.98. The van der Waals surface area contributed by atoms with Crippen molar-refractivity contribution in [2.24, 2.45) is 5.92 Å². The maximum Gasteiger partial charge on any atom is 0.309 e. The standard InChI is InChI=1S/C23H22FNO6S/c1-15-17-6-2-4-8-20(17)31-22(15)19(26)14-30-23(27)16-10-12-25(13-11-16)32(28,29)21-9-5-3-7-18(21)24/h2-9,16H,10-14H2,1H3. The van der Waals surface area contributed by atoms with Gasteiger partial charge in [0.1, 0.15) is 16.3 Å². The Morgan fingerprint density at radius 1 is 1.09 bits per heavy atom. The Labute approximate surface area is 184 Å². The molecule has 2 heterocycles. The first-order valence-corrected chi connectivity index (χ1v) is 11.7. The monoisotopic (exact) mass is 459 g/mol. The molecule has 0 bridgehead atoms. The molecular weight excluding hydrogens is 437 g/mol. The number of fused-ring (bicyclic) bond motifs is 1. The summed E-state index contributed by atoms with van der Waals surface area (Å²) in [6.07, 6.45) is 0.453. The predicted molar refractivity (Wildman–Crippen MR) is 114 cm³/mol. The van der Waals surface area contributed by atoms with Crippen LogP contribution in [0.5, 0.6) is 0 Å². The first-order valence-electron chi connectivity index (χ1n) is 10.2. The van der Waals surface area contributed by atoms with E-state index in [0.29, 0.717) is 11.1 Å². The lowest BCUT2D eigenvalue weighted by Gasteiger charge is -2.30. The van der Waals surface area contributed by atoms with Gasteiger partial charge in [0.05, 0.1) is 5.92 Å². The highest BCUT2D eigenvalue weighted by Gasteiger charge is 2.34. The number of aryl methyl sites for hydroxylation is 1. The van der Waals surface area contributed by atoms with Gasteiger partial charge in [-0.25, -0.2) is 12.8 Å². The van der Waals surface area contributed by atoms with E-state index in [0.717, 1.165) is 15.8 Å². The number of para-hydroxylation sites is 1. The van der Waals surface area contributed by atoms with Crippen molar-refractivity contribution in [3.05, 3.63) is 65.7 Å². The molecule has 1 aromatic heterocycles. The number of halogens is 1. The molecule has 7 nitrogen and oxygen atoms in total. The lowest BCUT2D eigenvalue weighted by molar-refractivity contribution is -0.148. The maximum absolute atomic E-state index is 13.9. The van der Waals surface area contributed by atoms with Crippen LogP contribution in [0, 0.1) is 18.7 Å². The number of nitrogens with zero attached hydrogens (tertiary/aromatic N) is 1. The van der Waals surface area contributed by atoms with E-state index in [1.54, 1.807) is 19.1 Å². The number of piperidine rings is 1. The summed E-state index contributed by atoms with van der Waals surface area (Å²) in [5, 5.41) is 0.825. The first kappa shape index (κ1) is 22.2. The number of sulfonamides is 1. The van der Waals surface area contributed by atoms with Crippen molar-refractivity contribution in [3.8, 4) is 0 Å². The second-order valence-electron chi connectivity index (χ2n) is 7.69. The molecule has 2 aromatic carbocycles. The molecule has 0 N–H and O–H groups in total. The number of ketones is 1. The third-order valence-corrected chi connectivity index (χ3v) is 7.62. The van der Waals surface area contributed by atoms with Crippen LogP contribution in [0.2, 0.25) is 0 Å². The predicted octanol–water partition coefficient (Wildman–Crippen LogP) is 3.71. The zero-order valence-electron chi connectivity index (χ0n) is 17.4. The normalized spacial score (nSPS) is 15.7. The lowest BCUT2D eigenvalue weighted by atomic mass is 9.98. The summed E-state index contributed by atoms with van der Waals surface area (Å²) < 4.78 is 51.3. The van der Waals surface area contributed by atoms with Crippen LogP contribution in [-0.4, -0.2) is 44.2 Å². The van der Waals surface area contributed by atoms with E-state index < -0.39 is 40.1 Å². The third-order valence-electron chi connectivity index (χ3n) is 5.68. The van der Waals surface area contributed by atoms with Gasteiger partial charge in [-0.2, -0.15) is 4.31 Å². The number of hydrogen-bond donors (Lipinski definition) is 0. The molecule has 0 unspecified atom stereocenters. The van der Waals surface area contributed by atoms with E-state index in [2.05, 4.69) is 0 Å². The number of carbonyl (C=O) groups excluding carboxylic acids is 2. The van der Waals surface area contributed by atoms with Crippen molar-refractivity contribution < 1.29 is 31.6 Å². The van der Waals surface area contributed by atoms with E-state index in [9.17, 15) is 22.4 Å². The van der Waals surface area contributed by atoms with Crippen LogP contribution in [-0.2, 0) is 19.6 Å². The molecule has 0 aliphatic carbocycles. The lowest BCUT2D eigenvalue weighted by Crippen LogP contribution is -2.41. The van der Waals surface area contributed by atoms with Crippen LogP contribution in [0.1, 0.15) is 29.0 Å². The number of carbonyl (C=O) groups is 2. The molecule has 0 saturated carbocycles. The van der Waals surface area contributed by atoms with Gasteiger partial charge < -0.3 is 9.15 Å². The second-order valence-corrected chi connectivity index (χ2v) is 9.60. The molecule has 1 aliphatic heterocycles. The molecule has 0 amide bonds. The zero-order chi connectivity index (χ0) is 22.9. The molecule has 168 valence electrons. The van der Waals surface area contributed by atoms with Crippen LogP contribution in [0.25, 0.3) is 11.0 Å². The third kappa shape index (κ3) is 4.18. The van der Waals surface area contributed by atoms with Crippen molar-refractivity contribution in [2.75, 3.05) is 19.7 Å². The van der Waals surface area contributed by atoms with Crippen LogP contribution in [0.4, 0.5) is 4.39 Å². The molecule has 0 spiro atoms. The van der Waals surface area contributed by atoms with Gasteiger partial charge >= 0.3 is 5.97 Å². The first-order chi connectivity index (χ1) is 15.3. The molecule has 3 aromatic rings. The molecule has 32 heavy (non-hydrogen) atoms. The van der Waals surface area contributed by atoms with Crippen molar-refractivity contribution in [1.29, 1.82) is 0 Å². The number of ether oxygens (including phenoxy) is 1. The van der Waals surface area contributed by atoms with Gasteiger partial charge in [-0.3, -0.25) is 9.59 Å². The molecule has 4 rings (SSSR count). The highest BCUT2D eigenvalue weighted by Crippen LogP contribution is 2.27. The Morgan fingerprint density at radius 3 is 2.44 bits per heavy atom. The van der Waals surface area contributed by atoms with Gasteiger partial charge in [-0.15, -0.1) is 0 Å². The number of rotatable bonds is 6. The molecule has 9 heteroatoms. The average Bonchev–Trinajstić information content (AvgIpc) is 3.14. The van der Waals surface area contributed by atoms with Crippen molar-refractivity contribution in [2.45, 2.75) is 24.7 Å². The van der Waals surface area contributed by atoms with E-state index >= 15 is 0 Å². The number of furan rings is 1. The largest absolute Gasteiger partial charge is 0.457 e. The fourth-order valence-corrected chi connectivity index (χ4v) is 5.42. The van der Waals surface area contributed by atoms with Crippen molar-refractivity contribution in [3.63, 3.8) is 0 Å². The van der Waals surface area contributed by atoms with E-state index in [-0.39, 0.29) is 36.6 Å². The summed E-state index contributed by atoms with van der Waals surface area (Å²) in [5.41, 5.74) is 1.27. The molecule has 1 fully saturated rings. The van der Waals surface area contributed by atoms with Crippen LogP contribution in [0.3, 0.4) is 0 Å². The van der Waals surface area contributed by atoms with Crippen LogP contribution in [0.15, 0.2) is 57.8 Å². The summed E-state index contributed by atoms with van der Waals surface area (Å²) >= 11 is 0. The summed E-state index contributed by atoms with van der Waals surface area (Å²) in [5.74, 6) is -2.19. The highest BCUT2D eigenvalue weighted by molar-refractivity contribution is 7.89. The molecule has 1 aliphatic rings. The zero-order valence-corrected chi connectivity index (χ0v) is 18.2. The molecule has 0 radical (unpaired) electrons. The van der Waals surface area contributed by atoms with Gasteiger partial charge in [-0.1, -0.05) is 30.3 Å². The van der Waals surface area contributed by atoms with Crippen molar-refractivity contribution >= 4 is 32.7 Å². The summed E-state index contributed by atoms with van der Waals surface area (Å²) in [6.45, 7) is 1.44. The minimum atomic E-state index is -3.98. The second kappa shape index (κ2) is 8.84. The molecule has 0 atom stereocenters. The van der Waals surface area contributed by atoms with Gasteiger partial charge in [0.25, 0.3) is 0 Å². The van der Waals surface area contributed by atoms with Crippen LogP contribution < -0.4 is 0 Å². The average molecular weight is 459 g/mol. The molecule has 1 saturated heterocycles. The Morgan fingerprint density at radius 2 is 1.75 bits per heavy atom. The fourth-order valence-electron chi connectivity index (χ4n) is 3.89. The number of Topliss-reactive ketones (excluding diaryl/α,β-unsaturated/α-hetero) is 1. The number of benzene rings is 2. The van der Waals surface area contributed by atoms with Gasteiger partial charge in [0.15, 0.2) is 12.4 Å². The fraction of sp³-hybridized carbons (Fsp3) is 0.304. The molecular formula is C23H22FNO6S. The van der Waals surface area contributed by atoms with Gasteiger partial charge in [0, 0.05) is 24.0 Å². The number of esters is 1. The summed E-state index contributed by atoms with van der Waals surface area (Å²) in [6, 6.07) is 12.4. The summed E-state index contributed by atoms with van der Waals surface area (Å²) in [4.78, 5) is 24.6. The minimum absolute atomic E-state index is 0.0626.